The second kappa shape index (κ2) is 6.93. The van der Waals surface area contributed by atoms with Gasteiger partial charge < -0.3 is 15.4 Å². The van der Waals surface area contributed by atoms with Gasteiger partial charge in [0.05, 0.1) is 17.6 Å². The number of nitrogens with one attached hydrogen (secondary N) is 3. The van der Waals surface area contributed by atoms with Crippen molar-refractivity contribution in [3.63, 3.8) is 0 Å². The zero-order chi connectivity index (χ0) is 16.2. The largest absolute Gasteiger partial charge is 0.381 e. The number of amides is 2. The Bertz CT molecular complexity index is 645. The van der Waals surface area contributed by atoms with E-state index in [1.807, 2.05) is 0 Å². The summed E-state index contributed by atoms with van der Waals surface area (Å²) < 4.78 is 43.4. The monoisotopic (exact) mass is 331 g/mol. The van der Waals surface area contributed by atoms with E-state index in [0.29, 0.717) is 26.1 Å². The smallest absolute Gasteiger partial charge is 0.319 e. The molecule has 1 aliphatic rings. The van der Waals surface area contributed by atoms with Crippen LogP contribution in [-0.2, 0) is 14.8 Å². The predicted molar refractivity (Wildman–Crippen MR) is 80.9 cm³/mol. The molecule has 0 radical (unpaired) electrons. The quantitative estimate of drug-likeness (QED) is 0.779. The van der Waals surface area contributed by atoms with E-state index >= 15 is 0 Å². The van der Waals surface area contributed by atoms with Gasteiger partial charge in [0.1, 0.15) is 5.82 Å². The molecule has 1 aromatic carbocycles. The Kier molecular flexibility index (Phi) is 5.19. The minimum absolute atomic E-state index is 0.0193. The molecule has 2 rings (SSSR count). The summed E-state index contributed by atoms with van der Waals surface area (Å²) in [4.78, 5) is 11.9. The van der Waals surface area contributed by atoms with E-state index in [9.17, 15) is 17.6 Å². The highest BCUT2D eigenvalue weighted by molar-refractivity contribution is 7.92. The molecular weight excluding hydrogens is 313 g/mol. The molecule has 22 heavy (non-hydrogen) atoms. The molecule has 0 unspecified atom stereocenters. The van der Waals surface area contributed by atoms with Crippen molar-refractivity contribution in [3.8, 4) is 0 Å². The maximum atomic E-state index is 13.7. The number of anilines is 2. The fourth-order valence-corrected chi connectivity index (χ4v) is 2.64. The van der Waals surface area contributed by atoms with Crippen molar-refractivity contribution in [2.45, 2.75) is 18.9 Å². The van der Waals surface area contributed by atoms with Gasteiger partial charge in [0.25, 0.3) is 0 Å². The van der Waals surface area contributed by atoms with E-state index in [-0.39, 0.29) is 17.4 Å². The van der Waals surface area contributed by atoms with Gasteiger partial charge in [-0.2, -0.15) is 0 Å². The Balaban J connectivity index is 2.01. The summed E-state index contributed by atoms with van der Waals surface area (Å²) in [6.07, 6.45) is 2.39. The van der Waals surface area contributed by atoms with E-state index in [1.165, 1.54) is 12.1 Å². The number of rotatable bonds is 4. The highest BCUT2D eigenvalue weighted by Crippen LogP contribution is 2.20. The molecule has 2 amide bonds. The standard InChI is InChI=1S/C13H18FN3O4S/c1-22(19,20)17-10-2-3-11(14)12(8-10)16-13(18)15-9-4-6-21-7-5-9/h2-3,8-9,17H,4-7H2,1H3,(H2,15,16,18). The van der Waals surface area contributed by atoms with Crippen LogP contribution in [0, 0.1) is 5.82 Å². The number of sulfonamides is 1. The zero-order valence-corrected chi connectivity index (χ0v) is 12.9. The Morgan fingerprint density at radius 2 is 2.00 bits per heavy atom. The van der Waals surface area contributed by atoms with Crippen LogP contribution in [0.25, 0.3) is 0 Å². The average Bonchev–Trinajstić information content (AvgIpc) is 2.42. The molecule has 3 N–H and O–H groups in total. The number of hydrogen-bond donors (Lipinski definition) is 3. The maximum Gasteiger partial charge on any atom is 0.319 e. The molecule has 1 saturated heterocycles. The number of halogens is 1. The first-order chi connectivity index (χ1) is 10.3. The molecule has 1 aliphatic heterocycles. The lowest BCUT2D eigenvalue weighted by Gasteiger charge is -2.23. The van der Waals surface area contributed by atoms with Crippen LogP contribution in [0.3, 0.4) is 0 Å². The summed E-state index contributed by atoms with van der Waals surface area (Å²) in [6.45, 7) is 1.15. The van der Waals surface area contributed by atoms with Crippen LogP contribution < -0.4 is 15.4 Å². The molecular formula is C13H18FN3O4S. The van der Waals surface area contributed by atoms with Crippen molar-refractivity contribution in [2.24, 2.45) is 0 Å². The van der Waals surface area contributed by atoms with Crippen LogP contribution in [0.15, 0.2) is 18.2 Å². The summed E-state index contributed by atoms with van der Waals surface area (Å²) in [5, 5.41) is 5.11. The number of hydrogen-bond acceptors (Lipinski definition) is 4. The lowest BCUT2D eigenvalue weighted by molar-refractivity contribution is 0.0806. The van der Waals surface area contributed by atoms with Crippen molar-refractivity contribution in [3.05, 3.63) is 24.0 Å². The second-order valence-corrected chi connectivity index (χ2v) is 6.80. The first-order valence-electron chi connectivity index (χ1n) is 6.76. The fraction of sp³-hybridized carbons (Fsp3) is 0.462. The van der Waals surface area contributed by atoms with Crippen LogP contribution in [-0.4, -0.2) is 40.0 Å². The minimum Gasteiger partial charge on any atom is -0.381 e. The van der Waals surface area contributed by atoms with E-state index in [4.69, 9.17) is 4.74 Å². The Labute approximate surface area is 128 Å². The molecule has 1 aromatic rings. The van der Waals surface area contributed by atoms with Gasteiger partial charge in [0.2, 0.25) is 10.0 Å². The molecule has 1 fully saturated rings. The second-order valence-electron chi connectivity index (χ2n) is 5.05. The van der Waals surface area contributed by atoms with Crippen LogP contribution in [0.4, 0.5) is 20.6 Å². The van der Waals surface area contributed by atoms with Crippen LogP contribution in [0.5, 0.6) is 0 Å². The van der Waals surface area contributed by atoms with E-state index in [0.717, 1.165) is 12.3 Å². The van der Waals surface area contributed by atoms with E-state index in [1.54, 1.807) is 0 Å². The van der Waals surface area contributed by atoms with Gasteiger partial charge >= 0.3 is 6.03 Å². The van der Waals surface area contributed by atoms with Crippen molar-refractivity contribution >= 4 is 27.4 Å². The summed E-state index contributed by atoms with van der Waals surface area (Å²) in [7, 11) is -3.47. The van der Waals surface area contributed by atoms with Gasteiger partial charge in [-0.1, -0.05) is 0 Å². The number of benzene rings is 1. The zero-order valence-electron chi connectivity index (χ0n) is 12.1. The molecule has 0 aliphatic carbocycles. The molecule has 122 valence electrons. The third-order valence-corrected chi connectivity index (χ3v) is 3.68. The Morgan fingerprint density at radius 1 is 1.32 bits per heavy atom. The molecule has 9 heteroatoms. The Morgan fingerprint density at radius 3 is 2.64 bits per heavy atom. The van der Waals surface area contributed by atoms with Gasteiger partial charge in [-0.05, 0) is 31.0 Å². The van der Waals surface area contributed by atoms with Gasteiger partial charge in [0.15, 0.2) is 0 Å². The van der Waals surface area contributed by atoms with Crippen molar-refractivity contribution in [2.75, 3.05) is 29.5 Å². The number of carbonyl (C=O) groups excluding carboxylic acids is 1. The highest BCUT2D eigenvalue weighted by Gasteiger charge is 2.17. The fourth-order valence-electron chi connectivity index (χ4n) is 2.08. The number of urea groups is 1. The third kappa shape index (κ3) is 5.15. The first kappa shape index (κ1) is 16.5. The minimum atomic E-state index is -3.47. The maximum absolute atomic E-state index is 13.7. The molecule has 0 atom stereocenters. The van der Waals surface area contributed by atoms with Crippen molar-refractivity contribution in [1.82, 2.24) is 5.32 Å². The Hall–Kier alpha value is -1.87. The van der Waals surface area contributed by atoms with Gasteiger partial charge in [-0.25, -0.2) is 17.6 Å². The summed E-state index contributed by atoms with van der Waals surface area (Å²) in [6, 6.07) is 3.02. The normalized spacial score (nSPS) is 16.1. The highest BCUT2D eigenvalue weighted by atomic mass is 32.2. The molecule has 7 nitrogen and oxygen atoms in total. The molecule has 1 heterocycles. The summed E-state index contributed by atoms with van der Waals surface area (Å²) in [5.41, 5.74) is 0.0727. The van der Waals surface area contributed by atoms with Crippen LogP contribution in [0.1, 0.15) is 12.8 Å². The number of ether oxygens (including phenoxy) is 1. The topological polar surface area (TPSA) is 96.5 Å². The lowest BCUT2D eigenvalue weighted by atomic mass is 10.1. The van der Waals surface area contributed by atoms with Crippen LogP contribution >= 0.6 is 0 Å². The van der Waals surface area contributed by atoms with Crippen molar-refractivity contribution in [1.29, 1.82) is 0 Å². The first-order valence-corrected chi connectivity index (χ1v) is 8.65. The van der Waals surface area contributed by atoms with Crippen LogP contribution in [0.2, 0.25) is 0 Å². The lowest BCUT2D eigenvalue weighted by Crippen LogP contribution is -2.41. The molecule has 0 aromatic heterocycles. The van der Waals surface area contributed by atoms with Gasteiger partial charge in [0, 0.05) is 19.3 Å². The average molecular weight is 331 g/mol. The van der Waals surface area contributed by atoms with E-state index < -0.39 is 21.9 Å². The SMILES string of the molecule is CS(=O)(=O)Nc1ccc(F)c(NC(=O)NC2CCOCC2)c1. The molecule has 0 bridgehead atoms. The molecule has 0 saturated carbocycles. The summed E-state index contributed by atoms with van der Waals surface area (Å²) in [5.74, 6) is -0.652. The van der Waals surface area contributed by atoms with Gasteiger partial charge in [-0.3, -0.25) is 4.72 Å². The summed E-state index contributed by atoms with van der Waals surface area (Å²) >= 11 is 0. The van der Waals surface area contributed by atoms with E-state index in [2.05, 4.69) is 15.4 Å². The number of carbonyl (C=O) groups is 1. The van der Waals surface area contributed by atoms with Crippen molar-refractivity contribution < 1.29 is 22.3 Å². The third-order valence-electron chi connectivity index (χ3n) is 3.07. The van der Waals surface area contributed by atoms with Gasteiger partial charge in [-0.15, -0.1) is 0 Å². The predicted octanol–water partition coefficient (Wildman–Crippen LogP) is 1.50. The molecule has 0 spiro atoms.